The first-order chi connectivity index (χ1) is 5.66. The Morgan fingerprint density at radius 3 is 2.54 bits per heavy atom. The van der Waals surface area contributed by atoms with Crippen LogP contribution in [0.2, 0.25) is 10.0 Å². The highest BCUT2D eigenvalue weighted by atomic mass is 79.9. The Morgan fingerprint density at radius 2 is 2.00 bits per heavy atom. The molecule has 1 rings (SSSR count). The maximum Gasteiger partial charge on any atom is 0.0608 e. The van der Waals surface area contributed by atoms with Gasteiger partial charge in [0, 0.05) is 21.6 Å². The number of nitrogens with one attached hydrogen (secondary N) is 1. The molecule has 0 aromatic heterocycles. The van der Waals surface area contributed by atoms with Gasteiger partial charge in [0.25, 0.3) is 0 Å². The van der Waals surface area contributed by atoms with E-state index >= 15 is 0 Å². The first kappa shape index (κ1) is 13.5. The Bertz CT molecular complexity index is 293. The number of halogens is 4. The van der Waals surface area contributed by atoms with Crippen molar-refractivity contribution in [2.45, 2.75) is 6.54 Å². The van der Waals surface area contributed by atoms with Crippen LogP contribution in [-0.4, -0.2) is 0 Å². The number of hydrogen-bond acceptors (Lipinski definition) is 2. The minimum Gasteiger partial charge on any atom is -0.271 e. The van der Waals surface area contributed by atoms with Crippen LogP contribution in [0.25, 0.3) is 0 Å². The third kappa shape index (κ3) is 3.27. The van der Waals surface area contributed by atoms with Crippen molar-refractivity contribution in [2.75, 3.05) is 0 Å². The normalized spacial score (nSPS) is 9.54. The summed E-state index contributed by atoms with van der Waals surface area (Å²) in [5.41, 5.74) is 3.30. The maximum absolute atomic E-state index is 5.95. The summed E-state index contributed by atoms with van der Waals surface area (Å²) >= 11 is 15.1. The molecule has 74 valence electrons. The highest BCUT2D eigenvalue weighted by Crippen LogP contribution is 2.31. The molecule has 1 aromatic rings. The molecule has 0 aliphatic carbocycles. The van der Waals surface area contributed by atoms with Crippen molar-refractivity contribution < 1.29 is 0 Å². The van der Waals surface area contributed by atoms with E-state index < -0.39 is 0 Å². The number of hydrogen-bond donors (Lipinski definition) is 2. The Labute approximate surface area is 101 Å². The Kier molecular flexibility index (Phi) is 6.29. The molecule has 0 unspecified atom stereocenters. The maximum atomic E-state index is 5.95. The van der Waals surface area contributed by atoms with E-state index in [9.17, 15) is 0 Å². The molecule has 0 aliphatic heterocycles. The molecule has 0 heterocycles. The van der Waals surface area contributed by atoms with Crippen molar-refractivity contribution in [1.82, 2.24) is 5.43 Å². The second kappa shape index (κ2) is 6.06. The monoisotopic (exact) mass is 304 g/mol. The van der Waals surface area contributed by atoms with Gasteiger partial charge in [0.2, 0.25) is 0 Å². The van der Waals surface area contributed by atoms with Gasteiger partial charge in [0.05, 0.1) is 5.02 Å². The van der Waals surface area contributed by atoms with Crippen molar-refractivity contribution in [3.63, 3.8) is 0 Å². The number of rotatable bonds is 2. The summed E-state index contributed by atoms with van der Waals surface area (Å²) in [7, 11) is 0. The minimum absolute atomic E-state index is 0. The molecule has 6 heteroatoms. The van der Waals surface area contributed by atoms with E-state index in [0.717, 1.165) is 10.0 Å². The van der Waals surface area contributed by atoms with E-state index in [4.69, 9.17) is 29.0 Å². The predicted octanol–water partition coefficient (Wildman–Crippen LogP) is 3.14. The van der Waals surface area contributed by atoms with Gasteiger partial charge in [0.15, 0.2) is 0 Å². The molecule has 0 spiro atoms. The molecule has 1 aromatic carbocycles. The first-order valence-corrected chi connectivity index (χ1v) is 4.77. The Morgan fingerprint density at radius 1 is 1.38 bits per heavy atom. The van der Waals surface area contributed by atoms with Crippen LogP contribution in [0.3, 0.4) is 0 Å². The Hall–Kier alpha value is 0.490. The fraction of sp³-hybridized carbons (Fsp3) is 0.143. The van der Waals surface area contributed by atoms with Crippen molar-refractivity contribution in [2.24, 2.45) is 5.84 Å². The second-order valence-corrected chi connectivity index (χ2v) is 3.84. The molecule has 0 radical (unpaired) electrons. The average molecular weight is 306 g/mol. The summed E-state index contributed by atoms with van der Waals surface area (Å²) in [4.78, 5) is 0. The molecule has 13 heavy (non-hydrogen) atoms. The van der Waals surface area contributed by atoms with Gasteiger partial charge >= 0.3 is 0 Å². The summed E-state index contributed by atoms with van der Waals surface area (Å²) in [5.74, 6) is 5.17. The molecule has 3 N–H and O–H groups in total. The Balaban J connectivity index is 0.00000144. The lowest BCUT2D eigenvalue weighted by atomic mass is 10.2. The van der Waals surface area contributed by atoms with E-state index in [1.807, 2.05) is 0 Å². The van der Waals surface area contributed by atoms with Gasteiger partial charge in [-0.25, -0.2) is 0 Å². The first-order valence-electron chi connectivity index (χ1n) is 3.22. The van der Waals surface area contributed by atoms with Crippen LogP contribution in [0.1, 0.15) is 5.56 Å². The summed E-state index contributed by atoms with van der Waals surface area (Å²) < 4.78 is 0.818. The van der Waals surface area contributed by atoms with Crippen LogP contribution in [0, 0.1) is 0 Å². The minimum atomic E-state index is 0. The highest BCUT2D eigenvalue weighted by Gasteiger charge is 2.07. The summed E-state index contributed by atoms with van der Waals surface area (Å²) in [6.07, 6.45) is 0. The second-order valence-electron chi connectivity index (χ2n) is 2.20. The van der Waals surface area contributed by atoms with Gasteiger partial charge in [-0.2, -0.15) is 0 Å². The zero-order chi connectivity index (χ0) is 9.14. The lowest BCUT2D eigenvalue weighted by molar-refractivity contribution is 0.741. The van der Waals surface area contributed by atoms with Crippen molar-refractivity contribution in [3.05, 3.63) is 32.2 Å². The quantitative estimate of drug-likeness (QED) is 0.500. The van der Waals surface area contributed by atoms with E-state index in [-0.39, 0.29) is 12.4 Å². The summed E-state index contributed by atoms with van der Waals surface area (Å²) in [6.45, 7) is 0.455. The fourth-order valence-electron chi connectivity index (χ4n) is 0.833. The predicted molar refractivity (Wildman–Crippen MR) is 62.4 cm³/mol. The fourth-order valence-corrected chi connectivity index (χ4v) is 1.71. The molecule has 0 atom stereocenters. The van der Waals surface area contributed by atoms with Crippen LogP contribution in [-0.2, 0) is 6.54 Å². The molecule has 0 amide bonds. The average Bonchev–Trinajstić information content (AvgIpc) is 2.06. The van der Waals surface area contributed by atoms with Crippen LogP contribution < -0.4 is 11.3 Å². The van der Waals surface area contributed by atoms with Gasteiger partial charge in [-0.1, -0.05) is 23.2 Å². The van der Waals surface area contributed by atoms with Crippen molar-refractivity contribution in [1.29, 1.82) is 0 Å². The molecule has 0 aliphatic rings. The zero-order valence-electron chi connectivity index (χ0n) is 6.48. The third-order valence-corrected chi connectivity index (χ3v) is 3.09. The van der Waals surface area contributed by atoms with Crippen LogP contribution in [0.15, 0.2) is 16.6 Å². The molecule has 0 saturated carbocycles. The number of nitrogens with two attached hydrogens (primary N) is 1. The lowest BCUT2D eigenvalue weighted by Gasteiger charge is -2.06. The SMILES string of the molecule is Cl.NNCc1c(Cl)ccc(Br)c1Cl. The van der Waals surface area contributed by atoms with Crippen LogP contribution >= 0.6 is 51.5 Å². The van der Waals surface area contributed by atoms with Crippen molar-refractivity contribution >= 4 is 51.5 Å². The summed E-state index contributed by atoms with van der Waals surface area (Å²) in [5, 5.41) is 1.21. The standard InChI is InChI=1S/C7H7BrCl2N2.ClH/c8-5-1-2-6(9)4(3-12-11)7(5)10;/h1-2,12H,3,11H2;1H. The van der Waals surface area contributed by atoms with E-state index in [1.54, 1.807) is 12.1 Å². The number of benzene rings is 1. The zero-order valence-corrected chi connectivity index (χ0v) is 10.4. The van der Waals surface area contributed by atoms with Crippen LogP contribution in [0.5, 0.6) is 0 Å². The summed E-state index contributed by atoms with van der Waals surface area (Å²) in [6, 6.07) is 3.56. The van der Waals surface area contributed by atoms with Gasteiger partial charge in [-0.15, -0.1) is 12.4 Å². The van der Waals surface area contributed by atoms with Gasteiger partial charge < -0.3 is 0 Å². The molecular formula is C7H8BrCl3N2. The van der Waals surface area contributed by atoms with E-state index in [0.29, 0.717) is 16.6 Å². The smallest absolute Gasteiger partial charge is 0.0608 e. The van der Waals surface area contributed by atoms with Crippen LogP contribution in [0.4, 0.5) is 0 Å². The molecular weight excluding hydrogens is 298 g/mol. The molecule has 0 bridgehead atoms. The van der Waals surface area contributed by atoms with E-state index in [1.165, 1.54) is 0 Å². The highest BCUT2D eigenvalue weighted by molar-refractivity contribution is 9.10. The van der Waals surface area contributed by atoms with Crippen molar-refractivity contribution in [3.8, 4) is 0 Å². The number of hydrazine groups is 1. The molecule has 2 nitrogen and oxygen atoms in total. The topological polar surface area (TPSA) is 38.0 Å². The largest absolute Gasteiger partial charge is 0.271 e. The van der Waals surface area contributed by atoms with Gasteiger partial charge in [-0.3, -0.25) is 11.3 Å². The molecule has 0 fully saturated rings. The van der Waals surface area contributed by atoms with Gasteiger partial charge in [0.1, 0.15) is 0 Å². The third-order valence-electron chi connectivity index (χ3n) is 1.42. The lowest BCUT2D eigenvalue weighted by Crippen LogP contribution is -2.21. The van der Waals surface area contributed by atoms with Gasteiger partial charge in [-0.05, 0) is 28.1 Å². The van der Waals surface area contributed by atoms with E-state index in [2.05, 4.69) is 21.4 Å². The molecule has 0 saturated heterocycles.